The maximum atomic E-state index is 5.98. The molecule has 0 aliphatic heterocycles. The van der Waals surface area contributed by atoms with Crippen molar-refractivity contribution >= 4 is 23.0 Å². The van der Waals surface area contributed by atoms with Gasteiger partial charge in [0.1, 0.15) is 0 Å². The maximum Gasteiger partial charge on any atom is 0.0515 e. The van der Waals surface area contributed by atoms with Crippen LogP contribution in [-0.4, -0.2) is 39.6 Å². The summed E-state index contributed by atoms with van der Waals surface area (Å²) < 4.78 is 0. The van der Waals surface area contributed by atoms with Gasteiger partial charge in [-0.25, -0.2) is 0 Å². The first-order valence-electron chi connectivity index (χ1n) is 7.40. The minimum absolute atomic E-state index is 0.297. The second-order valence-electron chi connectivity index (χ2n) is 5.85. The summed E-state index contributed by atoms with van der Waals surface area (Å²) in [7, 11) is 8.28. The smallest absolute Gasteiger partial charge is 0.0515 e. The first-order chi connectivity index (χ1) is 10.5. The second-order valence-corrected chi connectivity index (χ2v) is 6.29. The molecule has 4 heteroatoms. The first-order valence-corrected chi connectivity index (χ1v) is 7.78. The molecule has 0 bridgehead atoms. The molecule has 0 aliphatic carbocycles. The first kappa shape index (κ1) is 16.7. The highest BCUT2D eigenvalue weighted by Gasteiger charge is 2.13. The van der Waals surface area contributed by atoms with Crippen molar-refractivity contribution in [2.45, 2.75) is 6.04 Å². The van der Waals surface area contributed by atoms with Crippen molar-refractivity contribution in [2.75, 3.05) is 45.0 Å². The molecule has 1 atom stereocenters. The summed E-state index contributed by atoms with van der Waals surface area (Å²) in [5.41, 5.74) is 3.59. The molecule has 1 unspecified atom stereocenters. The molecule has 1 N–H and O–H groups in total. The molecule has 0 heterocycles. The molecule has 0 aromatic heterocycles. The molecule has 2 aromatic rings. The van der Waals surface area contributed by atoms with Gasteiger partial charge in [0.25, 0.3) is 0 Å². The molecule has 0 amide bonds. The average molecular weight is 318 g/mol. The average Bonchev–Trinajstić information content (AvgIpc) is 2.49. The second kappa shape index (κ2) is 7.52. The van der Waals surface area contributed by atoms with E-state index >= 15 is 0 Å². The van der Waals surface area contributed by atoms with Crippen molar-refractivity contribution in [3.8, 4) is 0 Å². The van der Waals surface area contributed by atoms with Crippen molar-refractivity contribution < 1.29 is 0 Å². The van der Waals surface area contributed by atoms with Crippen LogP contribution in [0.15, 0.2) is 48.5 Å². The van der Waals surface area contributed by atoms with Crippen molar-refractivity contribution in [1.82, 2.24) is 4.90 Å². The van der Waals surface area contributed by atoms with Gasteiger partial charge in [-0.2, -0.15) is 0 Å². The molecule has 0 saturated heterocycles. The Morgan fingerprint density at radius 3 is 2.00 bits per heavy atom. The third kappa shape index (κ3) is 4.39. The normalized spacial score (nSPS) is 12.3. The quantitative estimate of drug-likeness (QED) is 0.864. The van der Waals surface area contributed by atoms with E-state index in [-0.39, 0.29) is 0 Å². The zero-order valence-electron chi connectivity index (χ0n) is 13.7. The number of hydrogen-bond acceptors (Lipinski definition) is 3. The summed E-state index contributed by atoms with van der Waals surface area (Å²) in [6, 6.07) is 16.8. The van der Waals surface area contributed by atoms with Crippen LogP contribution in [0.1, 0.15) is 11.6 Å². The highest BCUT2D eigenvalue weighted by Crippen LogP contribution is 2.22. The van der Waals surface area contributed by atoms with Gasteiger partial charge in [-0.15, -0.1) is 0 Å². The molecular formula is C18H24ClN3. The fourth-order valence-corrected chi connectivity index (χ4v) is 2.50. The summed E-state index contributed by atoms with van der Waals surface area (Å²) >= 11 is 5.98. The summed E-state index contributed by atoms with van der Waals surface area (Å²) in [6.07, 6.45) is 0. The van der Waals surface area contributed by atoms with Crippen LogP contribution >= 0.6 is 11.6 Å². The highest BCUT2D eigenvalue weighted by atomic mass is 35.5. The van der Waals surface area contributed by atoms with E-state index in [4.69, 9.17) is 11.6 Å². The largest absolute Gasteiger partial charge is 0.383 e. The van der Waals surface area contributed by atoms with E-state index in [1.165, 1.54) is 11.3 Å². The third-order valence-electron chi connectivity index (χ3n) is 3.76. The van der Waals surface area contributed by atoms with Crippen LogP contribution in [0.25, 0.3) is 0 Å². The SMILES string of the molecule is CN(C)c1ccc(NCC(c2ccc(Cl)cc2)N(C)C)cc1. The van der Waals surface area contributed by atoms with Gasteiger partial charge in [-0.3, -0.25) is 0 Å². The Bertz CT molecular complexity index is 576. The Morgan fingerprint density at radius 2 is 1.50 bits per heavy atom. The van der Waals surface area contributed by atoms with E-state index in [1.807, 2.05) is 26.2 Å². The molecule has 3 nitrogen and oxygen atoms in total. The number of nitrogens with zero attached hydrogens (tertiary/aromatic N) is 2. The fraction of sp³-hybridized carbons (Fsp3) is 0.333. The molecule has 0 saturated carbocycles. The molecule has 0 fully saturated rings. The van der Waals surface area contributed by atoms with E-state index in [0.29, 0.717) is 6.04 Å². The van der Waals surface area contributed by atoms with Gasteiger partial charge >= 0.3 is 0 Å². The summed E-state index contributed by atoms with van der Waals surface area (Å²) in [5, 5.41) is 4.28. The number of anilines is 2. The number of halogens is 1. The van der Waals surface area contributed by atoms with Gasteiger partial charge in [0.05, 0.1) is 6.04 Å². The molecule has 0 spiro atoms. The number of nitrogens with one attached hydrogen (secondary N) is 1. The lowest BCUT2D eigenvalue weighted by Crippen LogP contribution is -2.26. The molecule has 0 aliphatic rings. The monoisotopic (exact) mass is 317 g/mol. The number of rotatable bonds is 6. The van der Waals surface area contributed by atoms with Crippen molar-refractivity contribution in [2.24, 2.45) is 0 Å². The van der Waals surface area contributed by atoms with Crippen LogP contribution in [0, 0.1) is 0 Å². The Labute approximate surface area is 138 Å². The van der Waals surface area contributed by atoms with E-state index in [9.17, 15) is 0 Å². The lowest BCUT2D eigenvalue weighted by Gasteiger charge is -2.26. The lowest BCUT2D eigenvalue weighted by atomic mass is 10.1. The van der Waals surface area contributed by atoms with E-state index < -0.39 is 0 Å². The molecular weight excluding hydrogens is 294 g/mol. The van der Waals surface area contributed by atoms with Gasteiger partial charge in [0.2, 0.25) is 0 Å². The van der Waals surface area contributed by atoms with E-state index in [2.05, 4.69) is 65.6 Å². The molecule has 2 aromatic carbocycles. The Morgan fingerprint density at radius 1 is 0.909 bits per heavy atom. The summed E-state index contributed by atoms with van der Waals surface area (Å²) in [6.45, 7) is 0.843. The van der Waals surface area contributed by atoms with Crippen molar-refractivity contribution in [3.05, 3.63) is 59.1 Å². The van der Waals surface area contributed by atoms with Gasteiger partial charge < -0.3 is 15.1 Å². The third-order valence-corrected chi connectivity index (χ3v) is 4.01. The van der Waals surface area contributed by atoms with Crippen molar-refractivity contribution in [3.63, 3.8) is 0 Å². The van der Waals surface area contributed by atoms with Gasteiger partial charge in [-0.1, -0.05) is 23.7 Å². The standard InChI is InChI=1S/C18H24ClN3/c1-21(2)17-11-9-16(10-12-17)20-13-18(22(3)4)14-5-7-15(19)8-6-14/h5-12,18,20H,13H2,1-4H3. The maximum absolute atomic E-state index is 5.98. The minimum atomic E-state index is 0.297. The highest BCUT2D eigenvalue weighted by molar-refractivity contribution is 6.30. The Kier molecular flexibility index (Phi) is 5.69. The minimum Gasteiger partial charge on any atom is -0.383 e. The Balaban J connectivity index is 2.04. The van der Waals surface area contributed by atoms with E-state index in [1.54, 1.807) is 0 Å². The van der Waals surface area contributed by atoms with Gasteiger partial charge in [0.15, 0.2) is 0 Å². The molecule has 118 valence electrons. The summed E-state index contributed by atoms with van der Waals surface area (Å²) in [5.74, 6) is 0. The van der Waals surface area contributed by atoms with Crippen LogP contribution in [-0.2, 0) is 0 Å². The van der Waals surface area contributed by atoms with Gasteiger partial charge in [-0.05, 0) is 56.1 Å². The van der Waals surface area contributed by atoms with Crippen LogP contribution in [0.5, 0.6) is 0 Å². The Hall–Kier alpha value is -1.71. The molecule has 0 radical (unpaired) electrons. The van der Waals surface area contributed by atoms with Gasteiger partial charge in [0, 0.05) is 37.0 Å². The summed E-state index contributed by atoms with van der Waals surface area (Å²) in [4.78, 5) is 4.31. The molecule has 2 rings (SSSR count). The predicted molar refractivity (Wildman–Crippen MR) is 97.1 cm³/mol. The van der Waals surface area contributed by atoms with Crippen LogP contribution in [0.3, 0.4) is 0 Å². The fourth-order valence-electron chi connectivity index (χ4n) is 2.38. The number of hydrogen-bond donors (Lipinski definition) is 1. The zero-order chi connectivity index (χ0) is 16.1. The van der Waals surface area contributed by atoms with Crippen LogP contribution < -0.4 is 10.2 Å². The number of likely N-dealkylation sites (N-methyl/N-ethyl adjacent to an activating group) is 1. The van der Waals surface area contributed by atoms with Crippen LogP contribution in [0.2, 0.25) is 5.02 Å². The topological polar surface area (TPSA) is 18.5 Å². The number of benzene rings is 2. The van der Waals surface area contributed by atoms with Crippen LogP contribution in [0.4, 0.5) is 11.4 Å². The molecule has 22 heavy (non-hydrogen) atoms. The van der Waals surface area contributed by atoms with E-state index in [0.717, 1.165) is 17.3 Å². The zero-order valence-corrected chi connectivity index (χ0v) is 14.4. The van der Waals surface area contributed by atoms with Crippen molar-refractivity contribution in [1.29, 1.82) is 0 Å². The lowest BCUT2D eigenvalue weighted by molar-refractivity contribution is 0.312. The predicted octanol–water partition coefficient (Wildman–Crippen LogP) is 4.12.